The minimum atomic E-state index is 0.599. The van der Waals surface area contributed by atoms with E-state index < -0.39 is 0 Å². The lowest BCUT2D eigenvalue weighted by Gasteiger charge is -2.11. The average molecular weight is 247 g/mol. The molecule has 0 unspecified atom stereocenters. The van der Waals surface area contributed by atoms with Gasteiger partial charge in [-0.1, -0.05) is 0 Å². The van der Waals surface area contributed by atoms with Crippen LogP contribution in [0.3, 0.4) is 0 Å². The Morgan fingerprint density at radius 3 is 2.22 bits per heavy atom. The molecule has 0 atom stereocenters. The van der Waals surface area contributed by atoms with E-state index in [1.54, 1.807) is 20.3 Å². The number of methoxy groups -OCH3 is 2. The Hall–Kier alpha value is -2.17. The summed E-state index contributed by atoms with van der Waals surface area (Å²) < 4.78 is 10.5. The number of anilines is 1. The first-order chi connectivity index (χ1) is 8.56. The first-order valence-corrected chi connectivity index (χ1v) is 5.62. The van der Waals surface area contributed by atoms with Gasteiger partial charge >= 0.3 is 0 Å². The van der Waals surface area contributed by atoms with Crippen LogP contribution < -0.4 is 15.2 Å². The van der Waals surface area contributed by atoms with Crippen molar-refractivity contribution in [3.63, 3.8) is 0 Å². The van der Waals surface area contributed by atoms with Crippen molar-refractivity contribution in [2.75, 3.05) is 20.0 Å². The van der Waals surface area contributed by atoms with Crippen molar-refractivity contribution in [3.8, 4) is 22.9 Å². The van der Waals surface area contributed by atoms with Gasteiger partial charge in [0.15, 0.2) is 11.5 Å². The summed E-state index contributed by atoms with van der Waals surface area (Å²) in [5, 5.41) is 0. The second kappa shape index (κ2) is 4.60. The van der Waals surface area contributed by atoms with E-state index in [-0.39, 0.29) is 0 Å². The van der Waals surface area contributed by atoms with E-state index in [2.05, 4.69) is 9.97 Å². The smallest absolute Gasteiger partial charge is 0.162 e. The highest BCUT2D eigenvalue weighted by molar-refractivity contribution is 5.76. The molecule has 96 valence electrons. The van der Waals surface area contributed by atoms with Gasteiger partial charge < -0.3 is 20.2 Å². The van der Waals surface area contributed by atoms with E-state index in [9.17, 15) is 0 Å². The first-order valence-electron chi connectivity index (χ1n) is 5.62. The molecule has 0 radical (unpaired) electrons. The molecule has 1 heterocycles. The van der Waals surface area contributed by atoms with Crippen LogP contribution >= 0.6 is 0 Å². The molecule has 3 N–H and O–H groups in total. The fourth-order valence-electron chi connectivity index (χ4n) is 1.77. The van der Waals surface area contributed by atoms with Crippen LogP contribution in [0.4, 0.5) is 5.69 Å². The number of benzene rings is 1. The van der Waals surface area contributed by atoms with Gasteiger partial charge in [0.05, 0.1) is 19.9 Å². The number of H-pyrrole nitrogens is 1. The number of hydrogen-bond acceptors (Lipinski definition) is 4. The Bertz CT molecular complexity index is 556. The summed E-state index contributed by atoms with van der Waals surface area (Å²) in [5.74, 6) is 1.98. The second-order valence-electron chi connectivity index (χ2n) is 4.09. The van der Waals surface area contributed by atoms with Crippen LogP contribution in [-0.2, 0) is 0 Å². The van der Waals surface area contributed by atoms with E-state index in [4.69, 9.17) is 15.2 Å². The summed E-state index contributed by atoms with van der Waals surface area (Å²) in [6.07, 6.45) is 0. The zero-order valence-corrected chi connectivity index (χ0v) is 11.0. The van der Waals surface area contributed by atoms with Crippen LogP contribution in [0.1, 0.15) is 11.4 Å². The van der Waals surface area contributed by atoms with Gasteiger partial charge in [-0.3, -0.25) is 0 Å². The standard InChI is InChI=1S/C13H17N3O2/c1-7-8(2)16-13(15-7)9-5-11(17-3)12(18-4)6-10(9)14/h5-6H,14H2,1-4H3,(H,15,16). The van der Waals surface area contributed by atoms with Crippen molar-refractivity contribution in [3.05, 3.63) is 23.5 Å². The Balaban J connectivity index is 2.57. The van der Waals surface area contributed by atoms with Gasteiger partial charge in [-0.05, 0) is 19.9 Å². The Labute approximate surface area is 106 Å². The molecule has 0 saturated carbocycles. The molecule has 0 saturated heterocycles. The molecule has 2 aromatic rings. The van der Waals surface area contributed by atoms with E-state index in [1.165, 1.54) is 0 Å². The molecule has 0 amide bonds. The summed E-state index contributed by atoms with van der Waals surface area (Å²) >= 11 is 0. The quantitative estimate of drug-likeness (QED) is 0.816. The number of nitrogens with one attached hydrogen (secondary N) is 1. The summed E-state index contributed by atoms with van der Waals surface area (Å²) in [7, 11) is 3.18. The molecule has 5 nitrogen and oxygen atoms in total. The maximum absolute atomic E-state index is 6.02. The highest BCUT2D eigenvalue weighted by Crippen LogP contribution is 2.36. The van der Waals surface area contributed by atoms with Gasteiger partial charge in [0.2, 0.25) is 0 Å². The number of nitrogens with two attached hydrogens (primary N) is 1. The third-order valence-corrected chi connectivity index (χ3v) is 2.94. The molecule has 5 heteroatoms. The summed E-state index contributed by atoms with van der Waals surface area (Å²) in [4.78, 5) is 7.64. The molecule has 0 spiro atoms. The molecule has 0 aliphatic rings. The molecule has 0 bridgehead atoms. The molecule has 0 aliphatic heterocycles. The fourth-order valence-corrected chi connectivity index (χ4v) is 1.77. The van der Waals surface area contributed by atoms with Crippen molar-refractivity contribution in [2.45, 2.75) is 13.8 Å². The van der Waals surface area contributed by atoms with Crippen molar-refractivity contribution in [1.29, 1.82) is 0 Å². The average Bonchev–Trinajstić information content (AvgIpc) is 2.69. The topological polar surface area (TPSA) is 73.2 Å². The Morgan fingerprint density at radius 2 is 1.72 bits per heavy atom. The monoisotopic (exact) mass is 247 g/mol. The second-order valence-corrected chi connectivity index (χ2v) is 4.09. The lowest BCUT2D eigenvalue weighted by Crippen LogP contribution is -1.97. The number of imidazole rings is 1. The number of rotatable bonds is 3. The van der Waals surface area contributed by atoms with Gasteiger partial charge in [-0.25, -0.2) is 4.98 Å². The molecular formula is C13H17N3O2. The number of nitrogen functional groups attached to an aromatic ring is 1. The summed E-state index contributed by atoms with van der Waals surface area (Å²) in [5.41, 5.74) is 9.41. The normalized spacial score (nSPS) is 10.4. The van der Waals surface area contributed by atoms with Gasteiger partial charge in [0.25, 0.3) is 0 Å². The van der Waals surface area contributed by atoms with Crippen LogP contribution in [0.25, 0.3) is 11.4 Å². The lowest BCUT2D eigenvalue weighted by atomic mass is 10.1. The molecule has 1 aromatic heterocycles. The van der Waals surface area contributed by atoms with Crippen molar-refractivity contribution in [1.82, 2.24) is 9.97 Å². The molecule has 1 aromatic carbocycles. The Morgan fingerprint density at radius 1 is 1.11 bits per heavy atom. The minimum Gasteiger partial charge on any atom is -0.493 e. The third kappa shape index (κ3) is 1.99. The van der Waals surface area contributed by atoms with Gasteiger partial charge in [-0.15, -0.1) is 0 Å². The van der Waals surface area contributed by atoms with Crippen molar-refractivity contribution < 1.29 is 9.47 Å². The highest BCUT2D eigenvalue weighted by atomic mass is 16.5. The number of aromatic nitrogens is 2. The number of hydrogen-bond donors (Lipinski definition) is 2. The minimum absolute atomic E-state index is 0.599. The molecule has 18 heavy (non-hydrogen) atoms. The third-order valence-electron chi connectivity index (χ3n) is 2.94. The van der Waals surface area contributed by atoms with Crippen LogP contribution in [-0.4, -0.2) is 24.2 Å². The maximum Gasteiger partial charge on any atom is 0.162 e. The predicted molar refractivity (Wildman–Crippen MR) is 71.0 cm³/mol. The number of ether oxygens (including phenoxy) is 2. The van der Waals surface area contributed by atoms with E-state index >= 15 is 0 Å². The lowest BCUT2D eigenvalue weighted by molar-refractivity contribution is 0.355. The molecule has 2 rings (SSSR count). The molecule has 0 aliphatic carbocycles. The SMILES string of the molecule is COc1cc(N)c(-c2nc(C)c(C)[nH]2)cc1OC. The first kappa shape index (κ1) is 12.3. The van der Waals surface area contributed by atoms with Crippen molar-refractivity contribution >= 4 is 5.69 Å². The van der Waals surface area contributed by atoms with Gasteiger partial charge in [0, 0.05) is 23.0 Å². The zero-order valence-electron chi connectivity index (χ0n) is 11.0. The maximum atomic E-state index is 6.02. The summed E-state index contributed by atoms with van der Waals surface area (Å²) in [6.45, 7) is 3.93. The van der Waals surface area contributed by atoms with E-state index in [0.717, 1.165) is 22.8 Å². The van der Waals surface area contributed by atoms with E-state index in [0.29, 0.717) is 17.2 Å². The fraction of sp³-hybridized carbons (Fsp3) is 0.308. The van der Waals surface area contributed by atoms with Crippen LogP contribution in [0.5, 0.6) is 11.5 Å². The zero-order chi connectivity index (χ0) is 13.3. The van der Waals surface area contributed by atoms with Gasteiger partial charge in [0.1, 0.15) is 5.82 Å². The van der Waals surface area contributed by atoms with Crippen LogP contribution in [0.2, 0.25) is 0 Å². The van der Waals surface area contributed by atoms with Crippen LogP contribution in [0.15, 0.2) is 12.1 Å². The molecule has 0 fully saturated rings. The number of aryl methyl sites for hydroxylation is 2. The van der Waals surface area contributed by atoms with Crippen molar-refractivity contribution in [2.24, 2.45) is 0 Å². The highest BCUT2D eigenvalue weighted by Gasteiger charge is 2.13. The summed E-state index contributed by atoms with van der Waals surface area (Å²) in [6, 6.07) is 3.56. The van der Waals surface area contributed by atoms with Gasteiger partial charge in [-0.2, -0.15) is 0 Å². The van der Waals surface area contributed by atoms with Crippen LogP contribution in [0, 0.1) is 13.8 Å². The van der Waals surface area contributed by atoms with E-state index in [1.807, 2.05) is 19.9 Å². The number of nitrogens with zero attached hydrogens (tertiary/aromatic N) is 1. The predicted octanol–water partition coefficient (Wildman–Crippen LogP) is 2.29. The molecular weight excluding hydrogens is 230 g/mol. The largest absolute Gasteiger partial charge is 0.493 e. The Kier molecular flexibility index (Phi) is 3.14. The number of aromatic amines is 1.